The van der Waals surface area contributed by atoms with Gasteiger partial charge in [-0.2, -0.15) is 0 Å². The van der Waals surface area contributed by atoms with Gasteiger partial charge in [0.05, 0.1) is 6.54 Å². The molecule has 0 atom stereocenters. The Morgan fingerprint density at radius 1 is 1.25 bits per heavy atom. The minimum absolute atomic E-state index is 0.0886. The molecule has 1 amide bonds. The number of halogens is 1. The molecule has 0 aliphatic carbocycles. The Hall–Kier alpha value is -2.67. The molecule has 1 aromatic carbocycles. The first-order chi connectivity index (χ1) is 11.5. The third kappa shape index (κ3) is 3.62. The SMILES string of the molecule is Cc1cc(C)n2c(CNC(=O)COc3ccc(Cl)cc3)nnc2n1. The van der Waals surface area contributed by atoms with Crippen LogP contribution in [0.3, 0.4) is 0 Å². The predicted molar refractivity (Wildman–Crippen MR) is 89.0 cm³/mol. The monoisotopic (exact) mass is 345 g/mol. The summed E-state index contributed by atoms with van der Waals surface area (Å²) in [5.41, 5.74) is 1.84. The fraction of sp³-hybridized carbons (Fsp3) is 0.250. The molecule has 0 saturated heterocycles. The Bertz CT molecular complexity index is 876. The van der Waals surface area contributed by atoms with Crippen LogP contribution in [0.1, 0.15) is 17.2 Å². The number of aromatic nitrogens is 4. The number of aryl methyl sites for hydroxylation is 2. The molecule has 0 unspecified atom stereocenters. The summed E-state index contributed by atoms with van der Waals surface area (Å²) in [6.45, 7) is 4.00. The molecular weight excluding hydrogens is 330 g/mol. The van der Waals surface area contributed by atoms with Crippen LogP contribution in [0.2, 0.25) is 5.02 Å². The molecule has 2 aromatic heterocycles. The first-order valence-electron chi connectivity index (χ1n) is 7.36. The van der Waals surface area contributed by atoms with Crippen molar-refractivity contribution in [1.29, 1.82) is 0 Å². The summed E-state index contributed by atoms with van der Waals surface area (Å²) in [4.78, 5) is 16.2. The van der Waals surface area contributed by atoms with Gasteiger partial charge in [0.2, 0.25) is 0 Å². The maximum absolute atomic E-state index is 11.9. The zero-order valence-electron chi connectivity index (χ0n) is 13.3. The summed E-state index contributed by atoms with van der Waals surface area (Å²) in [7, 11) is 0. The molecule has 0 bridgehead atoms. The van der Waals surface area contributed by atoms with Crippen LogP contribution in [0.4, 0.5) is 0 Å². The van der Waals surface area contributed by atoms with Crippen molar-refractivity contribution in [2.24, 2.45) is 0 Å². The van der Waals surface area contributed by atoms with E-state index < -0.39 is 0 Å². The minimum Gasteiger partial charge on any atom is -0.484 e. The number of nitrogens with one attached hydrogen (secondary N) is 1. The van der Waals surface area contributed by atoms with Crippen molar-refractivity contribution in [3.8, 4) is 5.75 Å². The van der Waals surface area contributed by atoms with E-state index in [0.29, 0.717) is 22.4 Å². The second-order valence-corrected chi connectivity index (χ2v) is 5.75. The summed E-state index contributed by atoms with van der Waals surface area (Å²) in [5.74, 6) is 1.47. The van der Waals surface area contributed by atoms with Gasteiger partial charge in [-0.3, -0.25) is 9.20 Å². The third-order valence-corrected chi connectivity index (χ3v) is 3.64. The number of hydrogen-bond donors (Lipinski definition) is 1. The number of benzene rings is 1. The van der Waals surface area contributed by atoms with Gasteiger partial charge in [0.25, 0.3) is 11.7 Å². The second kappa shape index (κ2) is 6.84. The highest BCUT2D eigenvalue weighted by atomic mass is 35.5. The number of ether oxygens (including phenoxy) is 1. The van der Waals surface area contributed by atoms with Crippen molar-refractivity contribution in [3.63, 3.8) is 0 Å². The summed E-state index contributed by atoms with van der Waals surface area (Å²) in [5, 5.41) is 11.5. The van der Waals surface area contributed by atoms with Gasteiger partial charge >= 0.3 is 0 Å². The maximum Gasteiger partial charge on any atom is 0.258 e. The number of amides is 1. The molecule has 0 radical (unpaired) electrons. The van der Waals surface area contributed by atoms with Gasteiger partial charge in [0.1, 0.15) is 5.75 Å². The Morgan fingerprint density at radius 3 is 2.75 bits per heavy atom. The summed E-state index contributed by atoms with van der Waals surface area (Å²) in [6, 6.07) is 8.76. The van der Waals surface area contributed by atoms with Crippen LogP contribution >= 0.6 is 11.6 Å². The van der Waals surface area contributed by atoms with E-state index in [2.05, 4.69) is 20.5 Å². The van der Waals surface area contributed by atoms with Crippen molar-refractivity contribution in [2.75, 3.05) is 6.61 Å². The lowest BCUT2D eigenvalue weighted by atomic mass is 10.3. The van der Waals surface area contributed by atoms with Gasteiger partial charge < -0.3 is 10.1 Å². The van der Waals surface area contributed by atoms with Crippen LogP contribution in [0.25, 0.3) is 5.78 Å². The fourth-order valence-corrected chi connectivity index (χ4v) is 2.45. The first-order valence-corrected chi connectivity index (χ1v) is 7.74. The van der Waals surface area contributed by atoms with Gasteiger partial charge in [-0.15, -0.1) is 10.2 Å². The normalized spacial score (nSPS) is 10.8. The molecule has 2 heterocycles. The van der Waals surface area contributed by atoms with E-state index in [0.717, 1.165) is 11.4 Å². The van der Waals surface area contributed by atoms with Crippen LogP contribution in [-0.2, 0) is 11.3 Å². The summed E-state index contributed by atoms with van der Waals surface area (Å²) >= 11 is 5.80. The molecule has 7 nitrogen and oxygen atoms in total. The zero-order valence-corrected chi connectivity index (χ0v) is 14.0. The molecule has 24 heavy (non-hydrogen) atoms. The third-order valence-electron chi connectivity index (χ3n) is 3.39. The Labute approximate surface area is 143 Å². The molecule has 0 saturated carbocycles. The van der Waals surface area contributed by atoms with Gasteiger partial charge in [-0.1, -0.05) is 11.6 Å². The molecule has 8 heteroatoms. The van der Waals surface area contributed by atoms with E-state index in [-0.39, 0.29) is 19.1 Å². The van der Waals surface area contributed by atoms with E-state index in [1.54, 1.807) is 24.3 Å². The first kappa shape index (κ1) is 16.2. The van der Waals surface area contributed by atoms with Crippen LogP contribution in [-0.4, -0.2) is 32.1 Å². The molecule has 0 aliphatic rings. The highest BCUT2D eigenvalue weighted by molar-refractivity contribution is 6.30. The van der Waals surface area contributed by atoms with E-state index in [1.165, 1.54) is 0 Å². The van der Waals surface area contributed by atoms with Crippen molar-refractivity contribution in [1.82, 2.24) is 24.9 Å². The summed E-state index contributed by atoms with van der Waals surface area (Å²) in [6.07, 6.45) is 0. The van der Waals surface area contributed by atoms with E-state index >= 15 is 0 Å². The Kier molecular flexibility index (Phi) is 4.61. The van der Waals surface area contributed by atoms with Gasteiger partial charge in [-0.05, 0) is 44.2 Å². The zero-order chi connectivity index (χ0) is 17.1. The number of carbonyl (C=O) groups is 1. The average Bonchev–Trinajstić information content (AvgIpc) is 2.95. The Balaban J connectivity index is 1.59. The molecule has 0 spiro atoms. The number of nitrogens with zero attached hydrogens (tertiary/aromatic N) is 4. The van der Waals surface area contributed by atoms with Crippen molar-refractivity contribution >= 4 is 23.3 Å². The quantitative estimate of drug-likeness (QED) is 0.765. The molecule has 124 valence electrons. The van der Waals surface area contributed by atoms with Crippen molar-refractivity contribution in [2.45, 2.75) is 20.4 Å². The minimum atomic E-state index is -0.251. The largest absolute Gasteiger partial charge is 0.484 e. The standard InChI is InChI=1S/C16H16ClN5O2/c1-10-7-11(2)22-14(20-21-16(22)19-10)8-18-15(23)9-24-13-5-3-12(17)4-6-13/h3-7H,8-9H2,1-2H3,(H,18,23). The topological polar surface area (TPSA) is 81.4 Å². The average molecular weight is 346 g/mol. The van der Waals surface area contributed by atoms with Crippen LogP contribution in [0, 0.1) is 13.8 Å². The molecule has 3 aromatic rings. The van der Waals surface area contributed by atoms with E-state index in [1.807, 2.05) is 24.3 Å². The van der Waals surface area contributed by atoms with Gasteiger partial charge in [0.15, 0.2) is 12.4 Å². The predicted octanol–water partition coefficient (Wildman–Crippen LogP) is 2.09. The van der Waals surface area contributed by atoms with Crippen LogP contribution in [0.15, 0.2) is 30.3 Å². The number of fused-ring (bicyclic) bond motifs is 1. The number of rotatable bonds is 5. The molecule has 1 N–H and O–H groups in total. The van der Waals surface area contributed by atoms with Crippen molar-refractivity contribution in [3.05, 3.63) is 52.6 Å². The van der Waals surface area contributed by atoms with Gasteiger partial charge in [0, 0.05) is 16.4 Å². The maximum atomic E-state index is 11.9. The lowest BCUT2D eigenvalue weighted by Crippen LogP contribution is -2.29. The highest BCUT2D eigenvalue weighted by Gasteiger charge is 2.11. The lowest BCUT2D eigenvalue weighted by Gasteiger charge is -2.08. The number of hydrogen-bond acceptors (Lipinski definition) is 5. The van der Waals surface area contributed by atoms with E-state index in [4.69, 9.17) is 16.3 Å². The fourth-order valence-electron chi connectivity index (χ4n) is 2.32. The lowest BCUT2D eigenvalue weighted by molar-refractivity contribution is -0.123. The Morgan fingerprint density at radius 2 is 2.00 bits per heavy atom. The smallest absolute Gasteiger partial charge is 0.258 e. The summed E-state index contributed by atoms with van der Waals surface area (Å²) < 4.78 is 7.21. The van der Waals surface area contributed by atoms with Gasteiger partial charge in [-0.25, -0.2) is 4.98 Å². The van der Waals surface area contributed by atoms with Crippen LogP contribution < -0.4 is 10.1 Å². The molecule has 3 rings (SSSR count). The second-order valence-electron chi connectivity index (χ2n) is 5.31. The highest BCUT2D eigenvalue weighted by Crippen LogP contribution is 2.15. The molecule has 0 fully saturated rings. The molecule has 0 aliphatic heterocycles. The molecular formula is C16H16ClN5O2. The van der Waals surface area contributed by atoms with E-state index in [9.17, 15) is 4.79 Å². The number of carbonyl (C=O) groups excluding carboxylic acids is 1. The van der Waals surface area contributed by atoms with Crippen molar-refractivity contribution < 1.29 is 9.53 Å². The van der Waals surface area contributed by atoms with Crippen LogP contribution in [0.5, 0.6) is 5.75 Å².